The summed E-state index contributed by atoms with van der Waals surface area (Å²) >= 11 is 0. The van der Waals surface area contributed by atoms with E-state index in [1.54, 1.807) is 17.3 Å². The summed E-state index contributed by atoms with van der Waals surface area (Å²) < 4.78 is 3.64. The molecule has 0 saturated heterocycles. The van der Waals surface area contributed by atoms with Crippen LogP contribution in [0.5, 0.6) is 0 Å². The van der Waals surface area contributed by atoms with E-state index < -0.39 is 0 Å². The number of nitrogens with one attached hydrogen (secondary N) is 1. The van der Waals surface area contributed by atoms with Crippen molar-refractivity contribution in [3.05, 3.63) is 96.6 Å². The van der Waals surface area contributed by atoms with Gasteiger partial charge in [0.15, 0.2) is 11.7 Å². The summed E-state index contributed by atoms with van der Waals surface area (Å²) in [5, 5.41) is 4.75. The third-order valence-electron chi connectivity index (χ3n) is 4.96. The lowest BCUT2D eigenvalue weighted by Crippen LogP contribution is -2.21. The standard InChI is InChI=1S/C22H15N7/c1-2-8-16-15(7-1)21(26-28-13-23-17-9-3-5-11-19(17)28)25-22(16)27-29-14-24-18-10-4-6-12-20(18)29/h1-14H,(H,25,26,27). The number of amidine groups is 2. The summed E-state index contributed by atoms with van der Waals surface area (Å²) in [5.74, 6) is 1.36. The molecule has 1 aliphatic heterocycles. The highest BCUT2D eigenvalue weighted by Crippen LogP contribution is 2.21. The summed E-state index contributed by atoms with van der Waals surface area (Å²) in [5.41, 5.74) is 9.07. The fourth-order valence-electron chi connectivity index (χ4n) is 3.56. The van der Waals surface area contributed by atoms with Crippen LogP contribution >= 0.6 is 0 Å². The summed E-state index contributed by atoms with van der Waals surface area (Å²) in [4.78, 5) is 13.6. The molecule has 1 N–H and O–H groups in total. The molecule has 0 bridgehead atoms. The van der Waals surface area contributed by atoms with Gasteiger partial charge in [-0.1, -0.05) is 48.5 Å². The van der Waals surface area contributed by atoms with Crippen LogP contribution in [0.4, 0.5) is 0 Å². The van der Waals surface area contributed by atoms with E-state index in [-0.39, 0.29) is 0 Å². The predicted molar refractivity (Wildman–Crippen MR) is 114 cm³/mol. The maximum absolute atomic E-state index is 4.78. The van der Waals surface area contributed by atoms with Crippen molar-refractivity contribution in [2.45, 2.75) is 0 Å². The molecule has 0 amide bonds. The van der Waals surface area contributed by atoms with Gasteiger partial charge in [-0.2, -0.15) is 0 Å². The average molecular weight is 377 g/mol. The van der Waals surface area contributed by atoms with Crippen LogP contribution in [0.2, 0.25) is 0 Å². The summed E-state index contributed by atoms with van der Waals surface area (Å²) in [7, 11) is 0. The number of aromatic nitrogens is 4. The van der Waals surface area contributed by atoms with Gasteiger partial charge in [0, 0.05) is 11.1 Å². The lowest BCUT2D eigenvalue weighted by atomic mass is 10.1. The van der Waals surface area contributed by atoms with Crippen LogP contribution in [0.15, 0.2) is 95.5 Å². The van der Waals surface area contributed by atoms with Crippen LogP contribution < -0.4 is 5.43 Å². The maximum atomic E-state index is 4.78. The Kier molecular flexibility index (Phi) is 3.33. The highest BCUT2D eigenvalue weighted by Gasteiger charge is 2.22. The second-order valence-electron chi connectivity index (χ2n) is 6.72. The molecule has 0 spiro atoms. The molecule has 5 aromatic rings. The molecule has 0 saturated carbocycles. The first-order chi connectivity index (χ1) is 14.4. The molecule has 2 aromatic heterocycles. The SMILES string of the molecule is c1ccc2c(c1)C(Nn1cnc3ccccc31)=N/C2=N\n1cnc2ccccc21. The van der Waals surface area contributed by atoms with Crippen molar-refractivity contribution in [2.75, 3.05) is 5.43 Å². The minimum Gasteiger partial charge on any atom is -0.275 e. The molecule has 6 rings (SSSR count). The van der Waals surface area contributed by atoms with E-state index in [9.17, 15) is 0 Å². The van der Waals surface area contributed by atoms with Crippen molar-refractivity contribution in [1.82, 2.24) is 19.3 Å². The Morgan fingerprint density at radius 3 is 2.21 bits per heavy atom. The molecule has 29 heavy (non-hydrogen) atoms. The number of hydrogen-bond donors (Lipinski definition) is 1. The number of para-hydroxylation sites is 4. The van der Waals surface area contributed by atoms with E-state index in [0.29, 0.717) is 5.84 Å². The topological polar surface area (TPSA) is 72.4 Å². The van der Waals surface area contributed by atoms with Crippen molar-refractivity contribution in [3.63, 3.8) is 0 Å². The number of rotatable bonds is 2. The third kappa shape index (κ3) is 2.52. The minimum atomic E-state index is 0.635. The van der Waals surface area contributed by atoms with Gasteiger partial charge in [-0.15, -0.1) is 5.10 Å². The van der Waals surface area contributed by atoms with Gasteiger partial charge in [0.25, 0.3) is 0 Å². The molecule has 1 aliphatic rings. The minimum absolute atomic E-state index is 0.635. The molecule has 7 nitrogen and oxygen atoms in total. The summed E-state index contributed by atoms with van der Waals surface area (Å²) in [6.45, 7) is 0. The van der Waals surface area contributed by atoms with Crippen LogP contribution in [0.3, 0.4) is 0 Å². The zero-order valence-electron chi connectivity index (χ0n) is 15.3. The van der Waals surface area contributed by atoms with Gasteiger partial charge in [0.1, 0.15) is 12.7 Å². The van der Waals surface area contributed by atoms with Crippen molar-refractivity contribution >= 4 is 33.7 Å². The molecule has 3 aromatic carbocycles. The van der Waals surface area contributed by atoms with Crippen LogP contribution in [0.1, 0.15) is 11.1 Å². The largest absolute Gasteiger partial charge is 0.275 e. The molecular weight excluding hydrogens is 362 g/mol. The van der Waals surface area contributed by atoms with Crippen LogP contribution in [-0.2, 0) is 0 Å². The first kappa shape index (κ1) is 15.8. The van der Waals surface area contributed by atoms with Crippen molar-refractivity contribution in [1.29, 1.82) is 0 Å². The monoisotopic (exact) mass is 377 g/mol. The van der Waals surface area contributed by atoms with Gasteiger partial charge < -0.3 is 0 Å². The molecule has 138 valence electrons. The Morgan fingerprint density at radius 1 is 0.690 bits per heavy atom. The molecule has 0 unspecified atom stereocenters. The predicted octanol–water partition coefficient (Wildman–Crippen LogP) is 3.60. The highest BCUT2D eigenvalue weighted by atomic mass is 15.5. The second-order valence-corrected chi connectivity index (χ2v) is 6.72. The van der Waals surface area contributed by atoms with E-state index in [4.69, 9.17) is 10.1 Å². The lowest BCUT2D eigenvalue weighted by Gasteiger charge is -2.08. The van der Waals surface area contributed by atoms with Gasteiger partial charge in [-0.3, -0.25) is 5.43 Å². The molecule has 3 heterocycles. The highest BCUT2D eigenvalue weighted by molar-refractivity contribution is 6.24. The van der Waals surface area contributed by atoms with Gasteiger partial charge in [0.2, 0.25) is 0 Å². The van der Waals surface area contributed by atoms with Gasteiger partial charge in [0.05, 0.1) is 22.1 Å². The van der Waals surface area contributed by atoms with E-state index in [0.717, 1.165) is 39.0 Å². The van der Waals surface area contributed by atoms with Crippen LogP contribution in [-0.4, -0.2) is 31.0 Å². The molecule has 7 heteroatoms. The van der Waals surface area contributed by atoms with E-state index in [1.165, 1.54) is 0 Å². The summed E-state index contributed by atoms with van der Waals surface area (Å²) in [6.07, 6.45) is 3.47. The smallest absolute Gasteiger partial charge is 0.182 e. The van der Waals surface area contributed by atoms with Crippen molar-refractivity contribution in [2.24, 2.45) is 10.1 Å². The number of benzene rings is 3. The summed E-state index contributed by atoms with van der Waals surface area (Å²) in [6, 6.07) is 23.9. The zero-order chi connectivity index (χ0) is 19.2. The number of aliphatic imine (C=N–C) groups is 1. The van der Waals surface area contributed by atoms with E-state index in [2.05, 4.69) is 15.4 Å². The Labute approximate surface area is 165 Å². The van der Waals surface area contributed by atoms with Gasteiger partial charge in [-0.05, 0) is 24.3 Å². The second kappa shape index (κ2) is 6.13. The Morgan fingerprint density at radius 2 is 1.34 bits per heavy atom. The molecular formula is C22H15N7. The number of imidazole rings is 2. The average Bonchev–Trinajstić information content (AvgIpc) is 3.46. The molecule has 0 radical (unpaired) electrons. The number of nitrogens with zero attached hydrogens (tertiary/aromatic N) is 6. The Balaban J connectivity index is 1.46. The number of hydrogen-bond acceptors (Lipinski definition) is 4. The first-order valence-corrected chi connectivity index (χ1v) is 9.25. The fourth-order valence-corrected chi connectivity index (χ4v) is 3.56. The maximum Gasteiger partial charge on any atom is 0.182 e. The first-order valence-electron chi connectivity index (χ1n) is 9.25. The molecule has 0 aliphatic carbocycles. The Bertz CT molecular complexity index is 1440. The molecule has 0 fully saturated rings. The third-order valence-corrected chi connectivity index (χ3v) is 4.96. The lowest BCUT2D eigenvalue weighted by molar-refractivity contribution is 0.905. The van der Waals surface area contributed by atoms with E-state index in [1.807, 2.05) is 77.5 Å². The normalized spacial score (nSPS) is 14.5. The van der Waals surface area contributed by atoms with Crippen LogP contribution in [0.25, 0.3) is 22.1 Å². The molecule has 0 atom stereocenters. The van der Waals surface area contributed by atoms with Gasteiger partial charge >= 0.3 is 0 Å². The quantitative estimate of drug-likeness (QED) is 0.511. The van der Waals surface area contributed by atoms with Gasteiger partial charge in [-0.25, -0.2) is 24.3 Å². The van der Waals surface area contributed by atoms with Crippen LogP contribution in [0, 0.1) is 0 Å². The number of fused-ring (bicyclic) bond motifs is 3. The van der Waals surface area contributed by atoms with E-state index >= 15 is 0 Å². The fraction of sp³-hybridized carbons (Fsp3) is 0. The van der Waals surface area contributed by atoms with Crippen molar-refractivity contribution in [3.8, 4) is 0 Å². The zero-order valence-corrected chi connectivity index (χ0v) is 15.3. The Hall–Kier alpha value is -4.26. The van der Waals surface area contributed by atoms with Crippen molar-refractivity contribution < 1.29 is 0 Å².